The summed E-state index contributed by atoms with van der Waals surface area (Å²) in [7, 11) is 7.38. The number of aromatic amines is 2. The van der Waals surface area contributed by atoms with Gasteiger partial charge in [-0.3, -0.25) is 9.59 Å². The Hall–Kier alpha value is -3.58. The van der Waals surface area contributed by atoms with Gasteiger partial charge in [0, 0.05) is 44.1 Å². The second-order valence-corrected chi connectivity index (χ2v) is 12.5. The van der Waals surface area contributed by atoms with Crippen molar-refractivity contribution in [2.75, 3.05) is 28.3 Å². The molecule has 1 saturated carbocycles. The number of hydrogen-bond donors (Lipinski definition) is 2. The van der Waals surface area contributed by atoms with E-state index in [2.05, 4.69) is 84.4 Å². The van der Waals surface area contributed by atoms with E-state index in [1.807, 2.05) is 0 Å². The number of rotatable bonds is 12. The Bertz CT molecular complexity index is 1470. The van der Waals surface area contributed by atoms with Gasteiger partial charge in [-0.15, -0.1) is 0 Å². The molecular formula is C36H47N3O4. The molecule has 1 aliphatic rings. The van der Waals surface area contributed by atoms with E-state index < -0.39 is 0 Å². The molecule has 0 radical (unpaired) electrons. The van der Waals surface area contributed by atoms with Crippen molar-refractivity contribution in [2.45, 2.75) is 88.5 Å². The highest BCUT2D eigenvalue weighted by atomic mass is 16.5. The molecule has 7 nitrogen and oxygen atoms in total. The molecule has 0 atom stereocenters. The maximum absolute atomic E-state index is 12.4. The SMILES string of the molecule is CCCCC1(N(C)C)CCC(c2c(CCC(=O)OC)[nH]c3ccccc23)(c2c(CCC(=O)OC)[nH]c3ccccc23)CC1. The summed E-state index contributed by atoms with van der Waals surface area (Å²) in [5.41, 5.74) is 6.77. The molecule has 230 valence electrons. The highest BCUT2D eigenvalue weighted by Crippen LogP contribution is 2.55. The summed E-state index contributed by atoms with van der Waals surface area (Å²) < 4.78 is 10.1. The van der Waals surface area contributed by atoms with Crippen LogP contribution in [0.25, 0.3) is 21.8 Å². The summed E-state index contributed by atoms with van der Waals surface area (Å²) in [4.78, 5) is 34.7. The Morgan fingerprint density at radius 1 is 0.767 bits per heavy atom. The van der Waals surface area contributed by atoms with Crippen LogP contribution in [0.1, 0.15) is 87.2 Å². The third-order valence-corrected chi connectivity index (χ3v) is 10.1. The minimum absolute atomic E-state index is 0.135. The van der Waals surface area contributed by atoms with Gasteiger partial charge in [0.2, 0.25) is 0 Å². The van der Waals surface area contributed by atoms with Crippen molar-refractivity contribution in [3.63, 3.8) is 0 Å². The van der Waals surface area contributed by atoms with E-state index in [1.54, 1.807) is 0 Å². The number of benzene rings is 2. The second-order valence-electron chi connectivity index (χ2n) is 12.5. The van der Waals surface area contributed by atoms with Gasteiger partial charge in [0.1, 0.15) is 0 Å². The number of aromatic nitrogens is 2. The van der Waals surface area contributed by atoms with E-state index in [0.29, 0.717) is 25.7 Å². The second kappa shape index (κ2) is 13.0. The summed E-state index contributed by atoms with van der Waals surface area (Å²) in [6.07, 6.45) is 9.41. The van der Waals surface area contributed by atoms with E-state index in [9.17, 15) is 9.59 Å². The Balaban J connectivity index is 1.75. The van der Waals surface area contributed by atoms with E-state index >= 15 is 0 Å². The number of carbonyl (C=O) groups excluding carboxylic acids is 2. The fraction of sp³-hybridized carbons (Fsp3) is 0.500. The van der Waals surface area contributed by atoms with Crippen molar-refractivity contribution in [1.82, 2.24) is 14.9 Å². The molecule has 2 N–H and O–H groups in total. The van der Waals surface area contributed by atoms with Crippen LogP contribution in [0, 0.1) is 0 Å². The van der Waals surface area contributed by atoms with Gasteiger partial charge in [-0.25, -0.2) is 0 Å². The molecule has 0 bridgehead atoms. The number of carbonyl (C=O) groups is 2. The Morgan fingerprint density at radius 3 is 1.65 bits per heavy atom. The number of aryl methyl sites for hydroxylation is 2. The minimum Gasteiger partial charge on any atom is -0.469 e. The normalized spacial score (nSPS) is 16.1. The van der Waals surface area contributed by atoms with Gasteiger partial charge in [0.05, 0.1) is 27.1 Å². The number of nitrogens with zero attached hydrogens (tertiary/aromatic N) is 1. The predicted molar refractivity (Wildman–Crippen MR) is 172 cm³/mol. The minimum atomic E-state index is -0.318. The lowest BCUT2D eigenvalue weighted by molar-refractivity contribution is -0.141. The topological polar surface area (TPSA) is 87.4 Å². The number of nitrogens with one attached hydrogen (secondary N) is 2. The van der Waals surface area contributed by atoms with Crippen molar-refractivity contribution >= 4 is 33.7 Å². The fourth-order valence-electron chi connectivity index (χ4n) is 7.72. The van der Waals surface area contributed by atoms with Gasteiger partial charge >= 0.3 is 11.9 Å². The van der Waals surface area contributed by atoms with E-state index in [1.165, 1.54) is 55.4 Å². The van der Waals surface area contributed by atoms with Gasteiger partial charge in [-0.1, -0.05) is 56.2 Å². The number of methoxy groups -OCH3 is 2. The molecule has 1 aliphatic carbocycles. The maximum atomic E-state index is 12.4. The van der Waals surface area contributed by atoms with Gasteiger partial charge < -0.3 is 24.3 Å². The quantitative estimate of drug-likeness (QED) is 0.172. The molecular weight excluding hydrogens is 538 g/mol. The van der Waals surface area contributed by atoms with Crippen molar-refractivity contribution in [3.05, 3.63) is 71.0 Å². The van der Waals surface area contributed by atoms with Crippen LogP contribution in [0.15, 0.2) is 48.5 Å². The third kappa shape index (κ3) is 5.84. The highest BCUT2D eigenvalue weighted by Gasteiger charge is 2.49. The zero-order chi connectivity index (χ0) is 30.6. The van der Waals surface area contributed by atoms with Gasteiger partial charge in [-0.2, -0.15) is 0 Å². The first-order valence-electron chi connectivity index (χ1n) is 15.8. The van der Waals surface area contributed by atoms with Crippen LogP contribution >= 0.6 is 0 Å². The third-order valence-electron chi connectivity index (χ3n) is 10.1. The zero-order valence-electron chi connectivity index (χ0n) is 26.5. The van der Waals surface area contributed by atoms with Gasteiger partial charge in [0.15, 0.2) is 0 Å². The fourth-order valence-corrected chi connectivity index (χ4v) is 7.72. The molecule has 7 heteroatoms. The lowest BCUT2D eigenvalue weighted by Gasteiger charge is -2.51. The number of H-pyrrole nitrogens is 2. The summed E-state index contributed by atoms with van der Waals surface area (Å²) in [6, 6.07) is 17.1. The standard InChI is InChI=1S/C36H47N3O4/c1-6-7-20-35(39(2)3)21-23-36(24-22-35,33-25-12-8-10-14-27(25)37-29(33)16-18-31(40)42-4)34-26-13-9-11-15-28(26)38-30(34)17-19-32(41)43-5/h8-15,37-38H,6-7,16-24H2,1-5H3. The molecule has 0 unspecified atom stereocenters. The van der Waals surface area contributed by atoms with Crippen LogP contribution in [-0.2, 0) is 37.3 Å². The largest absolute Gasteiger partial charge is 0.469 e. The number of hydrogen-bond acceptors (Lipinski definition) is 5. The first kappa shape index (κ1) is 30.9. The van der Waals surface area contributed by atoms with Crippen LogP contribution in [0.5, 0.6) is 0 Å². The van der Waals surface area contributed by atoms with Crippen LogP contribution in [0.2, 0.25) is 0 Å². The van der Waals surface area contributed by atoms with E-state index in [-0.39, 0.29) is 22.9 Å². The lowest BCUT2D eigenvalue weighted by Crippen LogP contribution is -2.50. The first-order chi connectivity index (χ1) is 20.8. The average Bonchev–Trinajstić information content (AvgIpc) is 3.60. The Labute approximate surface area is 255 Å². The average molecular weight is 586 g/mol. The molecule has 4 aromatic rings. The Morgan fingerprint density at radius 2 is 1.23 bits per heavy atom. The number of fused-ring (bicyclic) bond motifs is 2. The smallest absolute Gasteiger partial charge is 0.305 e. The lowest BCUT2D eigenvalue weighted by atomic mass is 9.58. The monoisotopic (exact) mass is 585 g/mol. The van der Waals surface area contributed by atoms with Gasteiger partial charge in [-0.05, 0) is 82.3 Å². The summed E-state index contributed by atoms with van der Waals surface area (Å²) in [6.45, 7) is 2.27. The molecule has 5 rings (SSSR count). The molecule has 0 amide bonds. The van der Waals surface area contributed by atoms with Crippen LogP contribution in [0.3, 0.4) is 0 Å². The molecule has 0 spiro atoms. The van der Waals surface area contributed by atoms with Crippen LogP contribution < -0.4 is 0 Å². The molecule has 43 heavy (non-hydrogen) atoms. The molecule has 0 saturated heterocycles. The van der Waals surface area contributed by atoms with Crippen molar-refractivity contribution in [1.29, 1.82) is 0 Å². The van der Waals surface area contributed by atoms with Crippen LogP contribution in [-0.4, -0.2) is 60.7 Å². The molecule has 2 aromatic heterocycles. The van der Waals surface area contributed by atoms with Crippen molar-refractivity contribution in [2.24, 2.45) is 0 Å². The Kier molecular flexibility index (Phi) is 9.30. The zero-order valence-corrected chi connectivity index (χ0v) is 26.5. The van der Waals surface area contributed by atoms with Crippen molar-refractivity contribution < 1.29 is 19.1 Å². The summed E-state index contributed by atoms with van der Waals surface area (Å²) in [5, 5.41) is 2.41. The molecule has 0 aliphatic heterocycles. The van der Waals surface area contributed by atoms with Crippen LogP contribution in [0.4, 0.5) is 0 Å². The summed E-state index contributed by atoms with van der Waals surface area (Å²) >= 11 is 0. The number of unbranched alkanes of at least 4 members (excludes halogenated alkanes) is 1. The molecule has 2 heterocycles. The first-order valence-corrected chi connectivity index (χ1v) is 15.8. The molecule has 1 fully saturated rings. The number of para-hydroxylation sites is 2. The van der Waals surface area contributed by atoms with Crippen molar-refractivity contribution in [3.8, 4) is 0 Å². The van der Waals surface area contributed by atoms with E-state index in [4.69, 9.17) is 9.47 Å². The highest BCUT2D eigenvalue weighted by molar-refractivity contribution is 5.91. The van der Waals surface area contributed by atoms with Gasteiger partial charge in [0.25, 0.3) is 0 Å². The van der Waals surface area contributed by atoms with E-state index in [0.717, 1.165) is 48.1 Å². The predicted octanol–water partition coefficient (Wildman–Crippen LogP) is 7.21. The molecule has 2 aromatic carbocycles. The summed E-state index contributed by atoms with van der Waals surface area (Å²) in [5.74, 6) is -0.418. The number of ether oxygens (including phenoxy) is 2. The number of esters is 2. The maximum Gasteiger partial charge on any atom is 0.305 e.